The topological polar surface area (TPSA) is 49.6 Å². The number of hydrogen-bond acceptors (Lipinski definition) is 2. The van der Waals surface area contributed by atoms with Gasteiger partial charge in [0.2, 0.25) is 0 Å². The summed E-state index contributed by atoms with van der Waals surface area (Å²) in [5, 5.41) is 6.61. The fourth-order valence-corrected chi connectivity index (χ4v) is 2.29. The number of nitrogens with one attached hydrogen (secondary N) is 2. The summed E-state index contributed by atoms with van der Waals surface area (Å²) in [4.78, 5) is 4.66. The van der Waals surface area contributed by atoms with Crippen LogP contribution in [0.3, 0.4) is 0 Å². The van der Waals surface area contributed by atoms with Gasteiger partial charge in [-0.2, -0.15) is 0 Å². The van der Waals surface area contributed by atoms with E-state index in [9.17, 15) is 0 Å². The van der Waals surface area contributed by atoms with Crippen LogP contribution in [0.2, 0.25) is 0 Å². The van der Waals surface area contributed by atoms with E-state index in [1.807, 2.05) is 12.1 Å². The van der Waals surface area contributed by atoms with E-state index in [1.54, 1.807) is 6.26 Å². The van der Waals surface area contributed by atoms with Gasteiger partial charge in [0, 0.05) is 19.5 Å². The van der Waals surface area contributed by atoms with E-state index >= 15 is 0 Å². The molecule has 0 aliphatic heterocycles. The van der Waals surface area contributed by atoms with Gasteiger partial charge in [0.05, 0.1) is 12.8 Å². The summed E-state index contributed by atoms with van der Waals surface area (Å²) in [7, 11) is 0. The van der Waals surface area contributed by atoms with Crippen LogP contribution in [0.1, 0.15) is 29.4 Å². The first-order valence-corrected chi connectivity index (χ1v) is 7.79. The van der Waals surface area contributed by atoms with E-state index in [2.05, 4.69) is 54.6 Å². The van der Waals surface area contributed by atoms with Gasteiger partial charge in [-0.1, -0.05) is 23.8 Å². The van der Waals surface area contributed by atoms with Gasteiger partial charge in [-0.05, 0) is 44.0 Å². The highest BCUT2D eigenvalue weighted by molar-refractivity contribution is 14.0. The van der Waals surface area contributed by atoms with Gasteiger partial charge in [-0.3, -0.25) is 0 Å². The summed E-state index contributed by atoms with van der Waals surface area (Å²) in [6, 6.07) is 10.4. The SMILES string of the molecule is CCNC(=NCc1ccc(C)cc1C)NCCc1ccco1.I. The van der Waals surface area contributed by atoms with Crippen LogP contribution in [-0.2, 0) is 13.0 Å². The Labute approximate surface area is 155 Å². The third-order valence-corrected chi connectivity index (χ3v) is 3.49. The zero-order chi connectivity index (χ0) is 15.8. The van der Waals surface area contributed by atoms with Crippen molar-refractivity contribution < 1.29 is 4.42 Å². The molecule has 23 heavy (non-hydrogen) atoms. The molecule has 0 bridgehead atoms. The molecule has 0 saturated heterocycles. The smallest absolute Gasteiger partial charge is 0.191 e. The van der Waals surface area contributed by atoms with Crippen LogP contribution >= 0.6 is 24.0 Å². The monoisotopic (exact) mass is 427 g/mol. The summed E-state index contributed by atoms with van der Waals surface area (Å²) >= 11 is 0. The van der Waals surface area contributed by atoms with Gasteiger partial charge in [0.25, 0.3) is 0 Å². The quantitative estimate of drug-likeness (QED) is 0.419. The fraction of sp³-hybridized carbons (Fsp3) is 0.389. The molecule has 2 aromatic rings. The summed E-state index contributed by atoms with van der Waals surface area (Å²) in [6.07, 6.45) is 2.55. The minimum Gasteiger partial charge on any atom is -0.469 e. The van der Waals surface area contributed by atoms with Crippen LogP contribution in [0.4, 0.5) is 0 Å². The fourth-order valence-electron chi connectivity index (χ4n) is 2.29. The second kappa shape index (κ2) is 10.3. The Bertz CT molecular complexity index is 609. The predicted molar refractivity (Wildman–Crippen MR) is 107 cm³/mol. The largest absolute Gasteiger partial charge is 0.469 e. The minimum atomic E-state index is 0. The van der Waals surface area contributed by atoms with Crippen molar-refractivity contribution in [3.8, 4) is 0 Å². The van der Waals surface area contributed by atoms with Crippen molar-refractivity contribution in [1.29, 1.82) is 0 Å². The maximum atomic E-state index is 5.33. The zero-order valence-electron chi connectivity index (χ0n) is 14.1. The number of nitrogens with zero attached hydrogens (tertiary/aromatic N) is 1. The number of rotatable bonds is 6. The first-order valence-electron chi connectivity index (χ1n) is 7.79. The van der Waals surface area contributed by atoms with Crippen LogP contribution in [0.5, 0.6) is 0 Å². The average Bonchev–Trinajstić information content (AvgIpc) is 2.99. The molecule has 126 valence electrons. The lowest BCUT2D eigenvalue weighted by atomic mass is 10.1. The Kier molecular flexibility index (Phi) is 8.76. The summed E-state index contributed by atoms with van der Waals surface area (Å²) in [5.41, 5.74) is 3.83. The van der Waals surface area contributed by atoms with E-state index in [0.29, 0.717) is 6.54 Å². The molecule has 0 atom stereocenters. The highest BCUT2D eigenvalue weighted by atomic mass is 127. The molecule has 0 fully saturated rings. The van der Waals surface area contributed by atoms with Crippen LogP contribution in [0.15, 0.2) is 46.0 Å². The molecule has 4 nitrogen and oxygen atoms in total. The first kappa shape index (κ1) is 19.5. The van der Waals surface area contributed by atoms with E-state index < -0.39 is 0 Å². The molecule has 0 amide bonds. The first-order chi connectivity index (χ1) is 10.7. The molecule has 0 radical (unpaired) electrons. The standard InChI is InChI=1S/C18H25N3O.HI/c1-4-19-18(20-10-9-17-6-5-11-22-17)21-13-16-8-7-14(2)12-15(16)3;/h5-8,11-12H,4,9-10,13H2,1-3H3,(H2,19,20,21);1H. The van der Waals surface area contributed by atoms with E-state index in [0.717, 1.165) is 31.2 Å². The van der Waals surface area contributed by atoms with Crippen molar-refractivity contribution >= 4 is 29.9 Å². The number of hydrogen-bond donors (Lipinski definition) is 2. The normalized spacial score (nSPS) is 11.0. The zero-order valence-corrected chi connectivity index (χ0v) is 16.4. The second-order valence-corrected chi connectivity index (χ2v) is 5.38. The molecule has 0 unspecified atom stereocenters. The minimum absolute atomic E-state index is 0. The van der Waals surface area contributed by atoms with Gasteiger partial charge < -0.3 is 15.1 Å². The van der Waals surface area contributed by atoms with Gasteiger partial charge in [0.15, 0.2) is 5.96 Å². The Hall–Kier alpha value is -1.50. The van der Waals surface area contributed by atoms with Crippen molar-refractivity contribution in [3.05, 3.63) is 59.0 Å². The van der Waals surface area contributed by atoms with Crippen molar-refractivity contribution in [2.75, 3.05) is 13.1 Å². The van der Waals surface area contributed by atoms with Gasteiger partial charge >= 0.3 is 0 Å². The number of aryl methyl sites for hydroxylation is 2. The molecule has 5 heteroatoms. The highest BCUT2D eigenvalue weighted by Gasteiger charge is 2.01. The summed E-state index contributed by atoms with van der Waals surface area (Å²) in [6.45, 7) is 8.64. The predicted octanol–water partition coefficient (Wildman–Crippen LogP) is 3.81. The molecule has 2 N–H and O–H groups in total. The number of halogens is 1. The highest BCUT2D eigenvalue weighted by Crippen LogP contribution is 2.11. The number of aliphatic imine (C=N–C) groups is 1. The van der Waals surface area contributed by atoms with E-state index in [1.165, 1.54) is 16.7 Å². The number of furan rings is 1. The van der Waals surface area contributed by atoms with Crippen LogP contribution in [0, 0.1) is 13.8 Å². The van der Waals surface area contributed by atoms with Crippen molar-refractivity contribution in [3.63, 3.8) is 0 Å². The molecular formula is C18H26IN3O. The lowest BCUT2D eigenvalue weighted by Crippen LogP contribution is -2.38. The van der Waals surface area contributed by atoms with Crippen molar-refractivity contribution in [2.45, 2.75) is 33.7 Å². The van der Waals surface area contributed by atoms with Gasteiger partial charge in [-0.15, -0.1) is 24.0 Å². The molecule has 1 aromatic heterocycles. The Balaban J connectivity index is 0.00000264. The average molecular weight is 427 g/mol. The molecule has 1 aromatic carbocycles. The summed E-state index contributed by atoms with van der Waals surface area (Å²) in [5.74, 6) is 1.83. The lowest BCUT2D eigenvalue weighted by Gasteiger charge is -2.11. The van der Waals surface area contributed by atoms with Crippen molar-refractivity contribution in [2.24, 2.45) is 4.99 Å². The van der Waals surface area contributed by atoms with E-state index in [-0.39, 0.29) is 24.0 Å². The van der Waals surface area contributed by atoms with Crippen LogP contribution in [-0.4, -0.2) is 19.0 Å². The maximum absolute atomic E-state index is 5.33. The number of guanidine groups is 1. The van der Waals surface area contributed by atoms with Crippen LogP contribution < -0.4 is 10.6 Å². The molecule has 2 rings (SSSR count). The van der Waals surface area contributed by atoms with Gasteiger partial charge in [0.1, 0.15) is 5.76 Å². The molecule has 1 heterocycles. The third-order valence-electron chi connectivity index (χ3n) is 3.49. The van der Waals surface area contributed by atoms with Crippen LogP contribution in [0.25, 0.3) is 0 Å². The molecule has 0 saturated carbocycles. The van der Waals surface area contributed by atoms with E-state index in [4.69, 9.17) is 4.42 Å². The van der Waals surface area contributed by atoms with Crippen molar-refractivity contribution in [1.82, 2.24) is 10.6 Å². The van der Waals surface area contributed by atoms with Gasteiger partial charge in [-0.25, -0.2) is 4.99 Å². The third kappa shape index (κ3) is 6.64. The number of benzene rings is 1. The second-order valence-electron chi connectivity index (χ2n) is 5.38. The lowest BCUT2D eigenvalue weighted by molar-refractivity contribution is 0.507. The Morgan fingerprint density at radius 3 is 2.65 bits per heavy atom. The Morgan fingerprint density at radius 1 is 1.17 bits per heavy atom. The molecule has 0 aliphatic carbocycles. The molecule has 0 aliphatic rings. The Morgan fingerprint density at radius 2 is 2.00 bits per heavy atom. The summed E-state index contributed by atoms with van der Waals surface area (Å²) < 4.78 is 5.33. The molecule has 0 spiro atoms. The maximum Gasteiger partial charge on any atom is 0.191 e. The molecular weight excluding hydrogens is 401 g/mol.